The molecule has 0 saturated carbocycles. The van der Waals surface area contributed by atoms with E-state index in [0.717, 1.165) is 27.5 Å². The van der Waals surface area contributed by atoms with Gasteiger partial charge in [0.15, 0.2) is 0 Å². The number of hydrogen-bond acceptors (Lipinski definition) is 5. The summed E-state index contributed by atoms with van der Waals surface area (Å²) in [7, 11) is 1.54. The molecule has 0 saturated heterocycles. The molecule has 1 amide bonds. The Labute approximate surface area is 189 Å². The molecule has 0 unspecified atom stereocenters. The Hall–Kier alpha value is -4.46. The molecule has 5 rings (SSSR count). The smallest absolute Gasteiger partial charge is 0.255 e. The molecule has 164 valence electrons. The summed E-state index contributed by atoms with van der Waals surface area (Å²) in [5.74, 6) is 0.371. The van der Waals surface area contributed by atoms with Gasteiger partial charge >= 0.3 is 0 Å². The molecule has 0 spiro atoms. The number of benzene rings is 2. The van der Waals surface area contributed by atoms with E-state index in [4.69, 9.17) is 4.74 Å². The third kappa shape index (κ3) is 3.61. The Morgan fingerprint density at radius 1 is 1.09 bits per heavy atom. The van der Waals surface area contributed by atoms with Crippen LogP contribution < -0.4 is 15.6 Å². The predicted octanol–water partition coefficient (Wildman–Crippen LogP) is 4.08. The second kappa shape index (κ2) is 8.23. The summed E-state index contributed by atoms with van der Waals surface area (Å²) in [5, 5.41) is 8.79. The van der Waals surface area contributed by atoms with Crippen LogP contribution in [0.5, 0.6) is 5.75 Å². The average molecular weight is 439 g/mol. The Morgan fingerprint density at radius 3 is 2.70 bits per heavy atom. The summed E-state index contributed by atoms with van der Waals surface area (Å²) in [6.45, 7) is 1.77. The van der Waals surface area contributed by atoms with Gasteiger partial charge in [-0.25, -0.2) is 4.68 Å². The fraction of sp³-hybridized carbons (Fsp3) is 0.120. The van der Waals surface area contributed by atoms with E-state index in [0.29, 0.717) is 23.5 Å². The normalized spacial score (nSPS) is 11.1. The first-order chi connectivity index (χ1) is 16.1. The van der Waals surface area contributed by atoms with Crippen LogP contribution >= 0.6 is 0 Å². The van der Waals surface area contributed by atoms with Crippen LogP contribution in [-0.4, -0.2) is 32.3 Å². The summed E-state index contributed by atoms with van der Waals surface area (Å²) < 4.78 is 8.80. The van der Waals surface area contributed by atoms with Crippen LogP contribution in [0.4, 0.5) is 5.69 Å². The predicted molar refractivity (Wildman–Crippen MR) is 127 cm³/mol. The van der Waals surface area contributed by atoms with Crippen LogP contribution in [0.2, 0.25) is 0 Å². The van der Waals surface area contributed by atoms with Gasteiger partial charge in [-0.15, -0.1) is 0 Å². The molecule has 0 aliphatic carbocycles. The quantitative estimate of drug-likeness (QED) is 0.417. The van der Waals surface area contributed by atoms with E-state index < -0.39 is 0 Å². The molecular formula is C25H21N5O3. The fourth-order valence-corrected chi connectivity index (χ4v) is 3.89. The number of amides is 1. The maximum Gasteiger partial charge on any atom is 0.255 e. The van der Waals surface area contributed by atoms with Crippen LogP contribution in [0.3, 0.4) is 0 Å². The molecule has 0 bridgehead atoms. The number of nitrogens with one attached hydrogen (secondary N) is 1. The van der Waals surface area contributed by atoms with Crippen molar-refractivity contribution in [3.8, 4) is 17.1 Å². The molecule has 5 aromatic rings. The van der Waals surface area contributed by atoms with E-state index in [1.165, 1.54) is 13.2 Å². The Morgan fingerprint density at radius 2 is 1.94 bits per heavy atom. The van der Waals surface area contributed by atoms with Gasteiger partial charge in [0.2, 0.25) is 5.91 Å². The number of rotatable bonds is 5. The zero-order chi connectivity index (χ0) is 22.9. The first-order valence-corrected chi connectivity index (χ1v) is 10.5. The maximum absolute atomic E-state index is 13.1. The number of carbonyl (C=O) groups excluding carboxylic acids is 1. The van der Waals surface area contributed by atoms with Crippen LogP contribution in [0, 0.1) is 0 Å². The molecule has 0 radical (unpaired) electrons. The standard InChI is InChI=1S/C25H21N5O3/c1-3-23(31)28-21-14-18(7-9-22(21)33-2)30-24(32)10-5-16-15-26-20-8-6-17(13-19(20)25(16)30)29-12-4-11-27-29/h4-15H,3H2,1-2H3,(H,28,31). The minimum atomic E-state index is -0.197. The SMILES string of the molecule is CCC(=O)Nc1cc(-n2c(=O)ccc3cnc4ccc(-n5cccn5)cc4c32)ccc1OC. The molecule has 2 aromatic carbocycles. The summed E-state index contributed by atoms with van der Waals surface area (Å²) in [6, 6.07) is 16.2. The van der Waals surface area contributed by atoms with Crippen molar-refractivity contribution in [3.63, 3.8) is 0 Å². The second-order valence-electron chi connectivity index (χ2n) is 7.51. The van der Waals surface area contributed by atoms with Crippen molar-refractivity contribution in [3.05, 3.63) is 83.5 Å². The number of ether oxygens (including phenoxy) is 1. The lowest BCUT2D eigenvalue weighted by Gasteiger charge is -2.16. The average Bonchev–Trinajstić information content (AvgIpc) is 3.38. The molecule has 0 fully saturated rings. The van der Waals surface area contributed by atoms with E-state index in [9.17, 15) is 9.59 Å². The molecule has 0 aliphatic rings. The molecule has 8 nitrogen and oxygen atoms in total. The number of anilines is 1. The minimum absolute atomic E-state index is 0.144. The van der Waals surface area contributed by atoms with Gasteiger partial charge in [0, 0.05) is 41.9 Å². The van der Waals surface area contributed by atoms with Gasteiger partial charge in [-0.05, 0) is 48.5 Å². The van der Waals surface area contributed by atoms with Crippen molar-refractivity contribution >= 4 is 33.4 Å². The molecule has 8 heteroatoms. The highest BCUT2D eigenvalue weighted by Crippen LogP contribution is 2.30. The minimum Gasteiger partial charge on any atom is -0.495 e. The largest absolute Gasteiger partial charge is 0.495 e. The molecule has 0 aliphatic heterocycles. The summed E-state index contributed by atoms with van der Waals surface area (Å²) in [4.78, 5) is 29.8. The summed E-state index contributed by atoms with van der Waals surface area (Å²) in [5.41, 5.74) is 3.24. The lowest BCUT2D eigenvalue weighted by Crippen LogP contribution is -2.18. The van der Waals surface area contributed by atoms with Gasteiger partial charge in [-0.3, -0.25) is 19.1 Å². The van der Waals surface area contributed by atoms with Crippen LogP contribution in [0.25, 0.3) is 33.2 Å². The van der Waals surface area contributed by atoms with Crippen molar-refractivity contribution < 1.29 is 9.53 Å². The van der Waals surface area contributed by atoms with Crippen molar-refractivity contribution in [2.75, 3.05) is 12.4 Å². The third-order valence-corrected chi connectivity index (χ3v) is 5.51. The monoisotopic (exact) mass is 439 g/mol. The van der Waals surface area contributed by atoms with E-state index >= 15 is 0 Å². The van der Waals surface area contributed by atoms with E-state index in [2.05, 4.69) is 15.4 Å². The first kappa shape index (κ1) is 20.4. The number of hydrogen-bond donors (Lipinski definition) is 1. The van der Waals surface area contributed by atoms with Crippen molar-refractivity contribution in [2.24, 2.45) is 0 Å². The number of aromatic nitrogens is 4. The number of nitrogens with zero attached hydrogens (tertiary/aromatic N) is 4. The molecule has 0 atom stereocenters. The van der Waals surface area contributed by atoms with Gasteiger partial charge in [0.1, 0.15) is 5.75 Å². The zero-order valence-corrected chi connectivity index (χ0v) is 18.1. The van der Waals surface area contributed by atoms with Crippen LogP contribution in [-0.2, 0) is 4.79 Å². The topological polar surface area (TPSA) is 91.0 Å². The van der Waals surface area contributed by atoms with E-state index in [1.54, 1.807) is 52.8 Å². The molecular weight excluding hydrogens is 418 g/mol. The lowest BCUT2D eigenvalue weighted by atomic mass is 10.1. The zero-order valence-electron chi connectivity index (χ0n) is 18.1. The van der Waals surface area contributed by atoms with Gasteiger partial charge in [-0.2, -0.15) is 5.10 Å². The third-order valence-electron chi connectivity index (χ3n) is 5.51. The number of methoxy groups -OCH3 is 1. The van der Waals surface area contributed by atoms with Gasteiger partial charge in [0.25, 0.3) is 5.56 Å². The maximum atomic E-state index is 13.1. The number of pyridine rings is 2. The molecule has 3 heterocycles. The molecule has 3 aromatic heterocycles. The fourth-order valence-electron chi connectivity index (χ4n) is 3.89. The Bertz CT molecular complexity index is 1550. The van der Waals surface area contributed by atoms with Crippen molar-refractivity contribution in [1.29, 1.82) is 0 Å². The van der Waals surface area contributed by atoms with E-state index in [-0.39, 0.29) is 11.5 Å². The Kier molecular flexibility index (Phi) is 5.10. The first-order valence-electron chi connectivity index (χ1n) is 10.5. The molecule has 33 heavy (non-hydrogen) atoms. The summed E-state index contributed by atoms with van der Waals surface area (Å²) >= 11 is 0. The number of fused-ring (bicyclic) bond motifs is 3. The van der Waals surface area contributed by atoms with E-state index in [1.807, 2.05) is 30.5 Å². The van der Waals surface area contributed by atoms with Crippen molar-refractivity contribution in [2.45, 2.75) is 13.3 Å². The van der Waals surface area contributed by atoms with Gasteiger partial charge < -0.3 is 10.1 Å². The van der Waals surface area contributed by atoms with Crippen LogP contribution in [0.15, 0.2) is 78.0 Å². The van der Waals surface area contributed by atoms with Crippen LogP contribution in [0.1, 0.15) is 13.3 Å². The highest BCUT2D eigenvalue weighted by Gasteiger charge is 2.14. The highest BCUT2D eigenvalue weighted by atomic mass is 16.5. The van der Waals surface area contributed by atoms with Crippen molar-refractivity contribution in [1.82, 2.24) is 19.3 Å². The Balaban J connectivity index is 1.80. The number of carbonyl (C=O) groups is 1. The summed E-state index contributed by atoms with van der Waals surface area (Å²) in [6.07, 6.45) is 5.66. The van der Waals surface area contributed by atoms with Gasteiger partial charge in [0.05, 0.1) is 35.2 Å². The van der Waals surface area contributed by atoms with Gasteiger partial charge in [-0.1, -0.05) is 6.92 Å². The second-order valence-corrected chi connectivity index (χ2v) is 7.51. The highest BCUT2D eigenvalue weighted by molar-refractivity contribution is 6.04. The molecule has 1 N–H and O–H groups in total. The lowest BCUT2D eigenvalue weighted by molar-refractivity contribution is -0.115.